The van der Waals surface area contributed by atoms with Crippen LogP contribution in [-0.4, -0.2) is 43.2 Å². The van der Waals surface area contributed by atoms with E-state index < -0.39 is 0 Å². The lowest BCUT2D eigenvalue weighted by molar-refractivity contribution is -0.548. The first-order chi connectivity index (χ1) is 14.7. The Kier molecular flexibility index (Phi) is 8.22. The maximum absolute atomic E-state index is 5.83. The second-order valence-corrected chi connectivity index (χ2v) is 7.42. The van der Waals surface area contributed by atoms with E-state index in [2.05, 4.69) is 85.2 Å². The van der Waals surface area contributed by atoms with Crippen LogP contribution in [0, 0.1) is 13.8 Å². The molecule has 0 saturated carbocycles. The van der Waals surface area contributed by atoms with Gasteiger partial charge in [0.25, 0.3) is 0 Å². The molecule has 0 bridgehead atoms. The van der Waals surface area contributed by atoms with E-state index >= 15 is 0 Å². The number of ether oxygens (including phenoxy) is 2. The summed E-state index contributed by atoms with van der Waals surface area (Å²) in [6.07, 6.45) is 10.4. The van der Waals surface area contributed by atoms with Crippen LogP contribution in [-0.2, 0) is 9.47 Å². The number of hydrogen-bond acceptors (Lipinski definition) is 2. The van der Waals surface area contributed by atoms with Crippen molar-refractivity contribution >= 4 is 11.5 Å². The van der Waals surface area contributed by atoms with Gasteiger partial charge in [-0.05, 0) is 39.0 Å². The van der Waals surface area contributed by atoms with Gasteiger partial charge in [-0.15, -0.1) is 0 Å². The van der Waals surface area contributed by atoms with Crippen molar-refractivity contribution in [3.05, 3.63) is 101 Å². The lowest BCUT2D eigenvalue weighted by atomic mass is 10.1. The fraction of sp³-hybridized carbons (Fsp3) is 0.296. The largest absolute Gasteiger partial charge is 0.493 e. The van der Waals surface area contributed by atoms with Crippen LogP contribution in [0.15, 0.2) is 78.9 Å². The van der Waals surface area contributed by atoms with Crippen LogP contribution in [0.4, 0.5) is 0 Å². The number of allylic oxidation sites excluding steroid dienone is 5. The third-order valence-electron chi connectivity index (χ3n) is 5.06. The molecule has 0 spiro atoms. The Morgan fingerprint density at radius 3 is 2.07 bits per heavy atom. The van der Waals surface area contributed by atoms with Gasteiger partial charge in [0.05, 0.1) is 6.61 Å². The van der Waals surface area contributed by atoms with E-state index in [0.717, 1.165) is 37.6 Å². The summed E-state index contributed by atoms with van der Waals surface area (Å²) in [6.45, 7) is 10.2. The van der Waals surface area contributed by atoms with E-state index in [-0.39, 0.29) is 0 Å². The predicted molar refractivity (Wildman–Crippen MR) is 125 cm³/mol. The van der Waals surface area contributed by atoms with E-state index in [1.54, 1.807) is 0 Å². The Morgan fingerprint density at radius 2 is 1.47 bits per heavy atom. The molecule has 3 rings (SSSR count). The van der Waals surface area contributed by atoms with E-state index in [4.69, 9.17) is 9.47 Å². The molecule has 0 radical (unpaired) electrons. The van der Waals surface area contributed by atoms with Crippen LogP contribution in [0.3, 0.4) is 0 Å². The fourth-order valence-electron chi connectivity index (χ4n) is 3.37. The second kappa shape index (κ2) is 11.3. The molecule has 3 nitrogen and oxygen atoms in total. The summed E-state index contributed by atoms with van der Waals surface area (Å²) in [5, 5.41) is 0. The Hall–Kier alpha value is -2.91. The average molecular weight is 403 g/mol. The molecule has 2 aromatic carbocycles. The SMILES string of the molecule is CCO/C(=C/C=C/C=C/C(c1ccc(C)cc1)=[N+]1CCOCC1)c1ccc(C)cc1. The van der Waals surface area contributed by atoms with Gasteiger partial charge in [0, 0.05) is 17.2 Å². The maximum Gasteiger partial charge on any atom is 0.207 e. The summed E-state index contributed by atoms with van der Waals surface area (Å²) >= 11 is 0. The number of morpholine rings is 1. The minimum atomic E-state index is 0.645. The topological polar surface area (TPSA) is 21.5 Å². The molecule has 0 amide bonds. The summed E-state index contributed by atoms with van der Waals surface area (Å²) in [4.78, 5) is 0. The van der Waals surface area contributed by atoms with Gasteiger partial charge in [-0.25, -0.2) is 4.58 Å². The van der Waals surface area contributed by atoms with E-state index in [9.17, 15) is 0 Å². The third-order valence-corrected chi connectivity index (χ3v) is 5.06. The Morgan fingerprint density at radius 1 is 0.867 bits per heavy atom. The first-order valence-electron chi connectivity index (χ1n) is 10.7. The normalized spacial score (nSPS) is 15.2. The molecule has 1 fully saturated rings. The van der Waals surface area contributed by atoms with E-state index in [0.29, 0.717) is 6.61 Å². The van der Waals surface area contributed by atoms with Crippen LogP contribution < -0.4 is 0 Å². The zero-order valence-corrected chi connectivity index (χ0v) is 18.3. The molecule has 0 aromatic heterocycles. The van der Waals surface area contributed by atoms with Crippen molar-refractivity contribution in [1.82, 2.24) is 0 Å². The zero-order valence-electron chi connectivity index (χ0n) is 18.3. The van der Waals surface area contributed by atoms with Crippen molar-refractivity contribution < 1.29 is 14.0 Å². The number of nitrogens with zero attached hydrogens (tertiary/aromatic N) is 1. The summed E-state index contributed by atoms with van der Waals surface area (Å²) in [5.41, 5.74) is 6.08. The number of hydrogen-bond donors (Lipinski definition) is 0. The van der Waals surface area contributed by atoms with Crippen molar-refractivity contribution in [2.24, 2.45) is 0 Å². The second-order valence-electron chi connectivity index (χ2n) is 7.42. The molecule has 30 heavy (non-hydrogen) atoms. The standard InChI is InChI=1S/C27H32NO2/c1-4-30-27(25-16-12-23(3)13-17-25)9-7-5-6-8-26(28-18-20-29-21-19-28)24-14-10-22(2)11-15-24/h5-17H,4,18-21H2,1-3H3/q+1/b7-5+,8-6+,27-9+. The van der Waals surface area contributed by atoms with Gasteiger partial charge in [-0.2, -0.15) is 0 Å². The summed E-state index contributed by atoms with van der Waals surface area (Å²) in [6, 6.07) is 17.1. The lowest BCUT2D eigenvalue weighted by Gasteiger charge is -2.13. The first kappa shape index (κ1) is 21.8. The zero-order chi connectivity index (χ0) is 21.2. The van der Waals surface area contributed by atoms with E-state index in [1.807, 2.05) is 19.1 Å². The summed E-state index contributed by atoms with van der Waals surface area (Å²) in [7, 11) is 0. The molecule has 0 atom stereocenters. The van der Waals surface area contributed by atoms with Crippen molar-refractivity contribution in [2.45, 2.75) is 20.8 Å². The highest BCUT2D eigenvalue weighted by Crippen LogP contribution is 2.17. The lowest BCUT2D eigenvalue weighted by Crippen LogP contribution is -2.33. The molecule has 3 heteroatoms. The monoisotopic (exact) mass is 402 g/mol. The molecule has 0 N–H and O–H groups in total. The number of aryl methyl sites for hydroxylation is 2. The summed E-state index contributed by atoms with van der Waals surface area (Å²) < 4.78 is 13.8. The average Bonchev–Trinajstić information content (AvgIpc) is 2.77. The van der Waals surface area contributed by atoms with Crippen LogP contribution >= 0.6 is 0 Å². The maximum atomic E-state index is 5.83. The van der Waals surface area contributed by atoms with Gasteiger partial charge in [0.2, 0.25) is 5.71 Å². The molecule has 1 aliphatic rings. The molecular formula is C27H32NO2+. The Balaban J connectivity index is 1.79. The fourth-order valence-corrected chi connectivity index (χ4v) is 3.37. The molecule has 1 aliphatic heterocycles. The molecule has 1 heterocycles. The minimum absolute atomic E-state index is 0.645. The Labute approximate surface area is 180 Å². The van der Waals surface area contributed by atoms with Crippen LogP contribution in [0.2, 0.25) is 0 Å². The minimum Gasteiger partial charge on any atom is -0.493 e. The predicted octanol–water partition coefficient (Wildman–Crippen LogP) is 5.33. The highest BCUT2D eigenvalue weighted by Gasteiger charge is 2.17. The molecule has 2 aromatic rings. The van der Waals surface area contributed by atoms with Crippen LogP contribution in [0.25, 0.3) is 5.76 Å². The Bertz CT molecular complexity index is 924. The molecule has 0 aliphatic carbocycles. The first-order valence-corrected chi connectivity index (χ1v) is 10.7. The third kappa shape index (κ3) is 6.30. The van der Waals surface area contributed by atoms with Gasteiger partial charge >= 0.3 is 0 Å². The van der Waals surface area contributed by atoms with Gasteiger partial charge in [-0.1, -0.05) is 65.8 Å². The van der Waals surface area contributed by atoms with Gasteiger partial charge in [0.1, 0.15) is 19.0 Å². The van der Waals surface area contributed by atoms with Crippen molar-refractivity contribution in [1.29, 1.82) is 0 Å². The highest BCUT2D eigenvalue weighted by atomic mass is 16.5. The number of rotatable bonds is 7. The smallest absolute Gasteiger partial charge is 0.207 e. The molecule has 1 saturated heterocycles. The van der Waals surface area contributed by atoms with Crippen molar-refractivity contribution in [2.75, 3.05) is 32.9 Å². The number of benzene rings is 2. The molecule has 156 valence electrons. The molecular weight excluding hydrogens is 370 g/mol. The quantitative estimate of drug-likeness (QED) is 0.355. The molecule has 0 unspecified atom stereocenters. The van der Waals surface area contributed by atoms with E-state index in [1.165, 1.54) is 22.4 Å². The summed E-state index contributed by atoms with van der Waals surface area (Å²) in [5.74, 6) is 0.887. The van der Waals surface area contributed by atoms with Gasteiger partial charge < -0.3 is 9.47 Å². The van der Waals surface area contributed by atoms with Gasteiger partial charge in [-0.3, -0.25) is 0 Å². The highest BCUT2D eigenvalue weighted by molar-refractivity contribution is 6.05. The van der Waals surface area contributed by atoms with Crippen molar-refractivity contribution in [3.8, 4) is 0 Å². The van der Waals surface area contributed by atoms with Crippen LogP contribution in [0.1, 0.15) is 29.2 Å². The van der Waals surface area contributed by atoms with Gasteiger partial charge in [0.15, 0.2) is 13.1 Å². The van der Waals surface area contributed by atoms with Crippen LogP contribution in [0.5, 0.6) is 0 Å². The van der Waals surface area contributed by atoms with Crippen molar-refractivity contribution in [3.63, 3.8) is 0 Å².